The number of H-pyrrole nitrogens is 1. The van der Waals surface area contributed by atoms with Gasteiger partial charge in [-0.2, -0.15) is 0 Å². The molecule has 3 rings (SSSR count). The summed E-state index contributed by atoms with van der Waals surface area (Å²) in [6.07, 6.45) is 1.78. The highest BCUT2D eigenvalue weighted by Gasteiger charge is 2.40. The predicted octanol–water partition coefficient (Wildman–Crippen LogP) is 2.16. The van der Waals surface area contributed by atoms with E-state index in [1.54, 1.807) is 12.3 Å². The Labute approximate surface area is 120 Å². The molecule has 1 aromatic heterocycles. The second kappa shape index (κ2) is 4.86. The number of aromatic amines is 1. The lowest BCUT2D eigenvalue weighted by molar-refractivity contribution is -0.141. The SMILES string of the molecule is CC1SCC(C(=O)O)N1C(=O)c1cccc2cc[nH]c12. The topological polar surface area (TPSA) is 73.4 Å². The van der Waals surface area contributed by atoms with Crippen molar-refractivity contribution in [2.24, 2.45) is 0 Å². The lowest BCUT2D eigenvalue weighted by Gasteiger charge is -2.25. The van der Waals surface area contributed by atoms with Crippen molar-refractivity contribution >= 4 is 34.5 Å². The fourth-order valence-electron chi connectivity index (χ4n) is 2.54. The van der Waals surface area contributed by atoms with Gasteiger partial charge in [0.25, 0.3) is 5.91 Å². The van der Waals surface area contributed by atoms with E-state index in [0.717, 1.165) is 10.9 Å². The molecule has 2 N–H and O–H groups in total. The summed E-state index contributed by atoms with van der Waals surface area (Å²) in [5.41, 5.74) is 1.28. The molecule has 5 nitrogen and oxygen atoms in total. The van der Waals surface area contributed by atoms with E-state index in [9.17, 15) is 14.7 Å². The molecular formula is C14H14N2O3S. The minimum atomic E-state index is -0.950. The number of aromatic nitrogens is 1. The molecule has 0 radical (unpaired) electrons. The Hall–Kier alpha value is -1.95. The number of carboxylic acids is 1. The van der Waals surface area contributed by atoms with Gasteiger partial charge in [-0.25, -0.2) is 4.79 Å². The lowest BCUT2D eigenvalue weighted by atomic mass is 10.1. The number of hydrogen-bond acceptors (Lipinski definition) is 3. The standard InChI is InChI=1S/C14H14N2O3S/c1-8-16(11(7-20-8)14(18)19)13(17)10-4-2-3-9-5-6-15-12(9)10/h2-6,8,11,15H,7H2,1H3,(H,18,19). The predicted molar refractivity (Wildman–Crippen MR) is 77.8 cm³/mol. The number of nitrogens with zero attached hydrogens (tertiary/aromatic N) is 1. The molecule has 0 bridgehead atoms. The Balaban J connectivity index is 2.03. The van der Waals surface area contributed by atoms with Crippen molar-refractivity contribution in [1.82, 2.24) is 9.88 Å². The minimum Gasteiger partial charge on any atom is -0.480 e. The van der Waals surface area contributed by atoms with Crippen LogP contribution in [-0.2, 0) is 4.79 Å². The second-order valence-corrected chi connectivity index (χ2v) is 6.10. The van der Waals surface area contributed by atoms with Crippen LogP contribution in [0, 0.1) is 0 Å². The summed E-state index contributed by atoms with van der Waals surface area (Å²) in [6.45, 7) is 1.86. The van der Waals surface area contributed by atoms with E-state index >= 15 is 0 Å². The largest absolute Gasteiger partial charge is 0.480 e. The van der Waals surface area contributed by atoms with Crippen molar-refractivity contribution < 1.29 is 14.7 Å². The molecule has 2 atom stereocenters. The van der Waals surface area contributed by atoms with Crippen molar-refractivity contribution in [3.8, 4) is 0 Å². The Bertz CT molecular complexity index is 682. The number of carbonyl (C=O) groups excluding carboxylic acids is 1. The van der Waals surface area contributed by atoms with Crippen molar-refractivity contribution in [3.05, 3.63) is 36.0 Å². The first-order valence-corrected chi connectivity index (χ1v) is 7.37. The van der Waals surface area contributed by atoms with Crippen LogP contribution in [0.5, 0.6) is 0 Å². The van der Waals surface area contributed by atoms with Crippen LogP contribution in [0.15, 0.2) is 30.5 Å². The van der Waals surface area contributed by atoms with Gasteiger partial charge in [-0.05, 0) is 19.1 Å². The highest BCUT2D eigenvalue weighted by atomic mass is 32.2. The van der Waals surface area contributed by atoms with Gasteiger partial charge in [0, 0.05) is 17.3 Å². The summed E-state index contributed by atoms with van der Waals surface area (Å²) in [5.74, 6) is -0.750. The molecule has 6 heteroatoms. The van der Waals surface area contributed by atoms with Gasteiger partial charge in [-0.15, -0.1) is 11.8 Å². The van der Waals surface area contributed by atoms with Gasteiger partial charge in [0.2, 0.25) is 0 Å². The Morgan fingerprint density at radius 2 is 2.20 bits per heavy atom. The van der Waals surface area contributed by atoms with Crippen molar-refractivity contribution in [2.45, 2.75) is 18.3 Å². The zero-order valence-electron chi connectivity index (χ0n) is 10.9. The summed E-state index contributed by atoms with van der Waals surface area (Å²) in [6, 6.07) is 6.60. The van der Waals surface area contributed by atoms with Crippen LogP contribution in [0.2, 0.25) is 0 Å². The number of aliphatic carboxylic acids is 1. The summed E-state index contributed by atoms with van der Waals surface area (Å²) in [7, 11) is 0. The number of benzene rings is 1. The molecule has 2 heterocycles. The fourth-order valence-corrected chi connectivity index (χ4v) is 3.71. The first-order valence-electron chi connectivity index (χ1n) is 6.33. The molecule has 2 aromatic rings. The maximum atomic E-state index is 12.7. The van der Waals surface area contributed by atoms with E-state index in [1.165, 1.54) is 16.7 Å². The molecule has 1 fully saturated rings. The van der Waals surface area contributed by atoms with Crippen LogP contribution in [0.1, 0.15) is 17.3 Å². The number of carboxylic acid groups (broad SMARTS) is 1. The fraction of sp³-hybridized carbons (Fsp3) is 0.286. The van der Waals surface area contributed by atoms with Gasteiger partial charge < -0.3 is 15.0 Å². The number of carbonyl (C=O) groups is 2. The van der Waals surface area contributed by atoms with E-state index in [4.69, 9.17) is 0 Å². The molecule has 20 heavy (non-hydrogen) atoms. The van der Waals surface area contributed by atoms with Gasteiger partial charge in [0.15, 0.2) is 0 Å². The highest BCUT2D eigenvalue weighted by Crippen LogP contribution is 2.31. The van der Waals surface area contributed by atoms with E-state index in [1.807, 2.05) is 25.1 Å². The van der Waals surface area contributed by atoms with Crippen LogP contribution < -0.4 is 0 Å². The molecule has 1 aliphatic heterocycles. The zero-order chi connectivity index (χ0) is 14.3. The number of para-hydroxylation sites is 1. The number of rotatable bonds is 2. The van der Waals surface area contributed by atoms with Crippen molar-refractivity contribution in [3.63, 3.8) is 0 Å². The highest BCUT2D eigenvalue weighted by molar-refractivity contribution is 8.00. The van der Waals surface area contributed by atoms with Gasteiger partial charge in [0.1, 0.15) is 6.04 Å². The summed E-state index contributed by atoms with van der Waals surface area (Å²) < 4.78 is 0. The molecule has 0 spiro atoms. The van der Waals surface area contributed by atoms with Crippen LogP contribution in [-0.4, -0.2) is 44.0 Å². The maximum absolute atomic E-state index is 12.7. The summed E-state index contributed by atoms with van der Waals surface area (Å²) >= 11 is 1.49. The first kappa shape index (κ1) is 13.1. The third-order valence-corrected chi connectivity index (χ3v) is 4.78. The second-order valence-electron chi connectivity index (χ2n) is 4.75. The number of fused-ring (bicyclic) bond motifs is 1. The van der Waals surface area contributed by atoms with Crippen molar-refractivity contribution in [2.75, 3.05) is 5.75 Å². The van der Waals surface area contributed by atoms with Gasteiger partial charge in [0.05, 0.1) is 16.5 Å². The van der Waals surface area contributed by atoms with Gasteiger partial charge in [-0.1, -0.05) is 12.1 Å². The van der Waals surface area contributed by atoms with E-state index in [2.05, 4.69) is 4.98 Å². The smallest absolute Gasteiger partial charge is 0.327 e. The minimum absolute atomic E-state index is 0.131. The molecule has 1 amide bonds. The van der Waals surface area contributed by atoms with Crippen LogP contribution in [0.4, 0.5) is 0 Å². The van der Waals surface area contributed by atoms with Crippen LogP contribution in [0.25, 0.3) is 10.9 Å². The molecule has 0 aliphatic carbocycles. The van der Waals surface area contributed by atoms with E-state index < -0.39 is 12.0 Å². The quantitative estimate of drug-likeness (QED) is 0.889. The molecule has 1 aromatic carbocycles. The van der Waals surface area contributed by atoms with Crippen molar-refractivity contribution in [1.29, 1.82) is 0 Å². The number of thioether (sulfide) groups is 1. The number of amides is 1. The molecule has 0 saturated carbocycles. The molecule has 104 valence electrons. The Morgan fingerprint density at radius 3 is 2.95 bits per heavy atom. The first-order chi connectivity index (χ1) is 9.59. The zero-order valence-corrected chi connectivity index (χ0v) is 11.7. The normalized spacial score (nSPS) is 22.4. The number of hydrogen-bond donors (Lipinski definition) is 2. The Kier molecular flexibility index (Phi) is 3.17. The lowest BCUT2D eigenvalue weighted by Crippen LogP contribution is -2.44. The third-order valence-electron chi connectivity index (χ3n) is 3.56. The average Bonchev–Trinajstić information content (AvgIpc) is 3.03. The van der Waals surface area contributed by atoms with Crippen LogP contribution in [0.3, 0.4) is 0 Å². The van der Waals surface area contributed by atoms with Gasteiger partial charge >= 0.3 is 5.97 Å². The average molecular weight is 290 g/mol. The molecule has 1 saturated heterocycles. The maximum Gasteiger partial charge on any atom is 0.327 e. The monoisotopic (exact) mass is 290 g/mol. The van der Waals surface area contributed by atoms with Crippen LogP contribution >= 0.6 is 11.8 Å². The molecule has 1 aliphatic rings. The molecular weight excluding hydrogens is 276 g/mol. The third kappa shape index (κ3) is 1.96. The summed E-state index contributed by atoms with van der Waals surface area (Å²) in [4.78, 5) is 28.5. The number of nitrogens with one attached hydrogen (secondary N) is 1. The van der Waals surface area contributed by atoms with E-state index in [-0.39, 0.29) is 11.3 Å². The Morgan fingerprint density at radius 1 is 1.40 bits per heavy atom. The summed E-state index contributed by atoms with van der Waals surface area (Å²) in [5, 5.41) is 10.1. The van der Waals surface area contributed by atoms with Gasteiger partial charge in [-0.3, -0.25) is 4.79 Å². The van der Waals surface area contributed by atoms with E-state index in [0.29, 0.717) is 11.3 Å². The molecule has 2 unspecified atom stereocenters.